The number of hydrogen-bond donors (Lipinski definition) is 0. The molecule has 2 heterocycles. The van der Waals surface area contributed by atoms with Crippen molar-refractivity contribution in [2.24, 2.45) is 0 Å². The van der Waals surface area contributed by atoms with Gasteiger partial charge in [-0.05, 0) is 109 Å². The molecular weight excluding hydrogens is 645 g/mol. The van der Waals surface area contributed by atoms with E-state index in [1.54, 1.807) is 0 Å². The van der Waals surface area contributed by atoms with Crippen molar-refractivity contribution in [1.29, 1.82) is 0 Å². The smallest absolute Gasteiger partial charge is 0.137 e. The molecule has 0 amide bonds. The summed E-state index contributed by atoms with van der Waals surface area (Å²) in [5, 5.41) is 2.78. The SMILES string of the molecule is C[Si]1(C)c2ncccc2-c2cccc(-c3cccc(-c4ccc(N(c5ccc(-c6ccccc6)cc5)c5ccc(-c6ccccc6)cc5)cc4)c3)c21. The number of pyridine rings is 1. The van der Waals surface area contributed by atoms with Crippen LogP contribution in [0.1, 0.15) is 0 Å². The monoisotopic (exact) mass is 682 g/mol. The average Bonchev–Trinajstić information content (AvgIpc) is 3.45. The van der Waals surface area contributed by atoms with Gasteiger partial charge in [0.15, 0.2) is 0 Å². The molecule has 0 bridgehead atoms. The maximum absolute atomic E-state index is 4.89. The quantitative estimate of drug-likeness (QED) is 0.156. The van der Waals surface area contributed by atoms with E-state index in [1.165, 1.54) is 66.1 Å². The first-order valence-corrected chi connectivity index (χ1v) is 21.0. The Morgan fingerprint density at radius 2 is 0.788 bits per heavy atom. The van der Waals surface area contributed by atoms with E-state index in [2.05, 4.69) is 206 Å². The fourth-order valence-corrected chi connectivity index (χ4v) is 11.2. The van der Waals surface area contributed by atoms with Gasteiger partial charge in [-0.15, -0.1) is 0 Å². The first-order valence-electron chi connectivity index (χ1n) is 18.0. The number of anilines is 3. The zero-order valence-corrected chi connectivity index (χ0v) is 30.4. The van der Waals surface area contributed by atoms with Crippen molar-refractivity contribution in [2.45, 2.75) is 13.1 Å². The Morgan fingerprint density at radius 1 is 0.365 bits per heavy atom. The van der Waals surface area contributed by atoms with Crippen LogP contribution in [0.25, 0.3) is 55.6 Å². The molecule has 9 rings (SSSR count). The van der Waals surface area contributed by atoms with E-state index in [9.17, 15) is 0 Å². The third-order valence-corrected chi connectivity index (χ3v) is 13.8. The Bertz CT molecular complexity index is 2420. The molecule has 52 heavy (non-hydrogen) atoms. The maximum atomic E-state index is 4.89. The van der Waals surface area contributed by atoms with Gasteiger partial charge in [-0.25, -0.2) is 0 Å². The highest BCUT2D eigenvalue weighted by Gasteiger charge is 2.40. The van der Waals surface area contributed by atoms with E-state index in [1.807, 2.05) is 6.20 Å². The summed E-state index contributed by atoms with van der Waals surface area (Å²) >= 11 is 0. The molecule has 0 radical (unpaired) electrons. The molecule has 248 valence electrons. The van der Waals surface area contributed by atoms with Crippen LogP contribution in [0.3, 0.4) is 0 Å². The van der Waals surface area contributed by atoms with Crippen LogP contribution in [0.15, 0.2) is 194 Å². The molecular formula is C49H38N2Si. The molecule has 1 aromatic heterocycles. The molecule has 7 aromatic carbocycles. The molecule has 1 aliphatic heterocycles. The highest BCUT2D eigenvalue weighted by Crippen LogP contribution is 2.39. The van der Waals surface area contributed by atoms with Crippen molar-refractivity contribution in [3.8, 4) is 55.6 Å². The molecule has 3 heteroatoms. The predicted octanol–water partition coefficient (Wildman–Crippen LogP) is 12.0. The molecule has 0 N–H and O–H groups in total. The summed E-state index contributed by atoms with van der Waals surface area (Å²) < 4.78 is 0. The Balaban J connectivity index is 1.07. The zero-order chi connectivity index (χ0) is 35.1. The second-order valence-corrected chi connectivity index (χ2v) is 18.3. The van der Waals surface area contributed by atoms with Gasteiger partial charge in [-0.3, -0.25) is 4.98 Å². The van der Waals surface area contributed by atoms with Gasteiger partial charge in [0.2, 0.25) is 0 Å². The van der Waals surface area contributed by atoms with Crippen LogP contribution in [0.4, 0.5) is 17.1 Å². The molecule has 0 saturated carbocycles. The number of nitrogens with zero attached hydrogens (tertiary/aromatic N) is 2. The summed E-state index contributed by atoms with van der Waals surface area (Å²) in [6, 6.07) is 68.0. The van der Waals surface area contributed by atoms with Gasteiger partial charge in [0.05, 0.1) is 0 Å². The summed E-state index contributed by atoms with van der Waals surface area (Å²) in [7, 11) is -1.95. The first-order chi connectivity index (χ1) is 25.5. The topological polar surface area (TPSA) is 16.1 Å². The van der Waals surface area contributed by atoms with Crippen molar-refractivity contribution < 1.29 is 0 Å². The number of aromatic nitrogens is 1. The molecule has 0 unspecified atom stereocenters. The van der Waals surface area contributed by atoms with Gasteiger partial charge in [0, 0.05) is 28.6 Å². The van der Waals surface area contributed by atoms with Gasteiger partial charge >= 0.3 is 0 Å². The molecule has 0 fully saturated rings. The molecule has 0 saturated heterocycles. The van der Waals surface area contributed by atoms with Crippen LogP contribution in [-0.2, 0) is 0 Å². The number of benzene rings is 7. The second-order valence-electron chi connectivity index (χ2n) is 14.0. The van der Waals surface area contributed by atoms with Gasteiger partial charge in [0.25, 0.3) is 0 Å². The Labute approximate surface area is 307 Å². The number of fused-ring (bicyclic) bond motifs is 3. The average molecular weight is 683 g/mol. The summed E-state index contributed by atoms with van der Waals surface area (Å²) in [6.45, 7) is 4.87. The fraction of sp³-hybridized carbons (Fsp3) is 0.0408. The molecule has 0 atom stereocenters. The number of rotatable bonds is 7. The lowest BCUT2D eigenvalue weighted by atomic mass is 9.96. The molecule has 1 aliphatic rings. The van der Waals surface area contributed by atoms with E-state index < -0.39 is 8.07 Å². The Morgan fingerprint density at radius 3 is 1.35 bits per heavy atom. The lowest BCUT2D eigenvalue weighted by Gasteiger charge is -2.26. The van der Waals surface area contributed by atoms with Crippen LogP contribution < -0.4 is 15.4 Å². The van der Waals surface area contributed by atoms with E-state index in [0.717, 1.165) is 17.1 Å². The first kappa shape index (κ1) is 31.7. The summed E-state index contributed by atoms with van der Waals surface area (Å²) in [5.74, 6) is 0. The molecule has 2 nitrogen and oxygen atoms in total. The molecule has 8 aromatic rings. The highest BCUT2D eigenvalue weighted by atomic mass is 28.3. The van der Waals surface area contributed by atoms with Gasteiger partial charge in [0.1, 0.15) is 8.07 Å². The van der Waals surface area contributed by atoms with Crippen molar-refractivity contribution in [3.63, 3.8) is 0 Å². The lowest BCUT2D eigenvalue weighted by Crippen LogP contribution is -2.51. The van der Waals surface area contributed by atoms with Gasteiger partial charge < -0.3 is 4.90 Å². The van der Waals surface area contributed by atoms with Crippen molar-refractivity contribution in [2.75, 3.05) is 4.90 Å². The molecule has 0 spiro atoms. The van der Waals surface area contributed by atoms with Crippen molar-refractivity contribution in [1.82, 2.24) is 4.98 Å². The lowest BCUT2D eigenvalue weighted by molar-refractivity contribution is 1.28. The van der Waals surface area contributed by atoms with E-state index in [-0.39, 0.29) is 0 Å². The summed E-state index contributed by atoms with van der Waals surface area (Å²) in [4.78, 5) is 7.23. The van der Waals surface area contributed by atoms with E-state index in [4.69, 9.17) is 4.98 Å². The minimum absolute atomic E-state index is 1.11. The maximum Gasteiger partial charge on any atom is 0.137 e. The summed E-state index contributed by atoms with van der Waals surface area (Å²) in [6.07, 6.45) is 1.95. The minimum Gasteiger partial charge on any atom is -0.311 e. The molecule has 0 aliphatic carbocycles. The third kappa shape index (κ3) is 5.66. The van der Waals surface area contributed by atoms with Gasteiger partial charge in [-0.1, -0.05) is 153 Å². The summed E-state index contributed by atoms with van der Waals surface area (Å²) in [5.41, 5.74) is 15.8. The number of hydrogen-bond acceptors (Lipinski definition) is 2. The zero-order valence-electron chi connectivity index (χ0n) is 29.4. The van der Waals surface area contributed by atoms with Crippen molar-refractivity contribution >= 4 is 35.6 Å². The van der Waals surface area contributed by atoms with E-state index in [0.29, 0.717) is 0 Å². The third-order valence-electron chi connectivity index (χ3n) is 10.5. The predicted molar refractivity (Wildman–Crippen MR) is 223 cm³/mol. The minimum atomic E-state index is -1.95. The van der Waals surface area contributed by atoms with Crippen LogP contribution in [0.5, 0.6) is 0 Å². The van der Waals surface area contributed by atoms with Crippen LogP contribution >= 0.6 is 0 Å². The fourth-order valence-electron chi connectivity index (χ4n) is 7.91. The van der Waals surface area contributed by atoms with Crippen LogP contribution in [0, 0.1) is 0 Å². The normalized spacial score (nSPS) is 12.6. The van der Waals surface area contributed by atoms with Crippen molar-refractivity contribution in [3.05, 3.63) is 194 Å². The largest absolute Gasteiger partial charge is 0.311 e. The van der Waals surface area contributed by atoms with Crippen LogP contribution in [0.2, 0.25) is 13.1 Å². The Hall–Kier alpha value is -6.29. The Kier molecular flexibility index (Phi) is 7.99. The van der Waals surface area contributed by atoms with E-state index >= 15 is 0 Å². The second kappa shape index (κ2) is 13.1. The van der Waals surface area contributed by atoms with Gasteiger partial charge in [-0.2, -0.15) is 0 Å². The van der Waals surface area contributed by atoms with Crippen LogP contribution in [-0.4, -0.2) is 13.1 Å². The highest BCUT2D eigenvalue weighted by molar-refractivity contribution is 7.04. The standard InChI is InChI=1S/C49H38N2Si/c1-52(2)48-45(18-10-19-46(48)47-20-11-33-50-49(47)52)41-17-9-16-40(34-41)39-25-31-44(32-26-39)51(42-27-21-37(22-28-42)35-12-5-3-6-13-35)43-29-23-38(24-30-43)36-14-7-4-8-15-36/h3-34H,1-2H3.